The van der Waals surface area contributed by atoms with Crippen molar-refractivity contribution >= 4 is 11.8 Å². The Morgan fingerprint density at radius 2 is 2.12 bits per heavy atom. The summed E-state index contributed by atoms with van der Waals surface area (Å²) in [6.45, 7) is 7.71. The maximum Gasteiger partial charge on any atom is 0.225 e. The van der Waals surface area contributed by atoms with Gasteiger partial charge in [-0.1, -0.05) is 25.1 Å². The van der Waals surface area contributed by atoms with E-state index in [0.717, 1.165) is 12.0 Å². The highest BCUT2D eigenvalue weighted by atomic mass is 16.5. The van der Waals surface area contributed by atoms with Crippen LogP contribution in [-0.2, 0) is 14.3 Å². The molecule has 6 nitrogen and oxygen atoms in total. The normalized spacial score (nSPS) is 18.5. The highest BCUT2D eigenvalue weighted by Gasteiger charge is 2.27. The van der Waals surface area contributed by atoms with Crippen LogP contribution < -0.4 is 10.1 Å². The van der Waals surface area contributed by atoms with Crippen molar-refractivity contribution in [2.75, 3.05) is 26.3 Å². The van der Waals surface area contributed by atoms with Gasteiger partial charge in [0.2, 0.25) is 11.8 Å². The van der Waals surface area contributed by atoms with Crippen molar-refractivity contribution in [1.82, 2.24) is 10.2 Å². The first kappa shape index (κ1) is 19.2. The number of hydrogen-bond acceptors (Lipinski definition) is 4. The SMILES string of the molecule is CCOc1ccccc1[C@@H](CC(=O)N1CCO[C@H](CC)C1)NC(C)=O. The Hall–Kier alpha value is -2.08. The molecule has 1 aliphatic rings. The van der Waals surface area contributed by atoms with Crippen LogP contribution in [0.2, 0.25) is 0 Å². The zero-order chi connectivity index (χ0) is 18.2. The zero-order valence-electron chi connectivity index (χ0n) is 15.3. The molecule has 0 saturated carbocycles. The largest absolute Gasteiger partial charge is 0.494 e. The molecule has 1 aromatic carbocycles. The van der Waals surface area contributed by atoms with Crippen LogP contribution in [0.15, 0.2) is 24.3 Å². The molecule has 25 heavy (non-hydrogen) atoms. The number of para-hydroxylation sites is 1. The second kappa shape index (κ2) is 9.42. The topological polar surface area (TPSA) is 67.9 Å². The van der Waals surface area contributed by atoms with Crippen LogP contribution in [0.25, 0.3) is 0 Å². The van der Waals surface area contributed by atoms with Crippen molar-refractivity contribution in [2.45, 2.75) is 45.8 Å². The van der Waals surface area contributed by atoms with Gasteiger partial charge in [0, 0.05) is 25.6 Å². The lowest BCUT2D eigenvalue weighted by Gasteiger charge is -2.33. The molecule has 0 aliphatic carbocycles. The molecule has 1 N–H and O–H groups in total. The third-order valence-electron chi connectivity index (χ3n) is 4.30. The Labute approximate surface area is 149 Å². The highest BCUT2D eigenvalue weighted by molar-refractivity contribution is 5.79. The van der Waals surface area contributed by atoms with Gasteiger partial charge in [-0.15, -0.1) is 0 Å². The number of carbonyl (C=O) groups is 2. The number of nitrogens with zero attached hydrogens (tertiary/aromatic N) is 1. The van der Waals surface area contributed by atoms with E-state index in [1.807, 2.05) is 36.1 Å². The van der Waals surface area contributed by atoms with Crippen LogP contribution in [0.3, 0.4) is 0 Å². The van der Waals surface area contributed by atoms with Gasteiger partial charge < -0.3 is 19.7 Å². The van der Waals surface area contributed by atoms with Gasteiger partial charge in [0.05, 0.1) is 31.8 Å². The van der Waals surface area contributed by atoms with Gasteiger partial charge in [-0.3, -0.25) is 9.59 Å². The standard InChI is InChI=1S/C19H28N2O4/c1-4-15-13-21(10-11-25-15)19(23)12-17(20-14(3)22)16-8-6-7-9-18(16)24-5-2/h6-9,15,17H,4-5,10-13H2,1-3H3,(H,20,22)/t15-,17-/m1/s1. The molecule has 0 aromatic heterocycles. The Balaban J connectivity index is 2.15. The summed E-state index contributed by atoms with van der Waals surface area (Å²) in [5.74, 6) is 0.550. The highest BCUT2D eigenvalue weighted by Crippen LogP contribution is 2.28. The van der Waals surface area contributed by atoms with Gasteiger partial charge >= 0.3 is 0 Å². The predicted octanol–water partition coefficient (Wildman–Crippen LogP) is 2.29. The lowest BCUT2D eigenvalue weighted by molar-refractivity contribution is -0.139. The fraction of sp³-hybridized carbons (Fsp3) is 0.579. The van der Waals surface area contributed by atoms with Crippen molar-refractivity contribution in [1.29, 1.82) is 0 Å². The maximum atomic E-state index is 12.8. The van der Waals surface area contributed by atoms with E-state index in [1.165, 1.54) is 6.92 Å². The van der Waals surface area contributed by atoms with Gasteiger partial charge in [0.15, 0.2) is 0 Å². The van der Waals surface area contributed by atoms with Crippen molar-refractivity contribution in [3.63, 3.8) is 0 Å². The van der Waals surface area contributed by atoms with Crippen LogP contribution >= 0.6 is 0 Å². The number of amides is 2. The van der Waals surface area contributed by atoms with Crippen LogP contribution in [0, 0.1) is 0 Å². The summed E-state index contributed by atoms with van der Waals surface area (Å²) >= 11 is 0. The van der Waals surface area contributed by atoms with Crippen molar-refractivity contribution in [3.05, 3.63) is 29.8 Å². The molecular formula is C19H28N2O4. The predicted molar refractivity (Wildman–Crippen MR) is 95.4 cm³/mol. The minimum Gasteiger partial charge on any atom is -0.494 e. The number of hydrogen-bond donors (Lipinski definition) is 1. The van der Waals surface area contributed by atoms with Crippen molar-refractivity contribution in [3.8, 4) is 5.75 Å². The number of rotatable bonds is 7. The number of nitrogens with one attached hydrogen (secondary N) is 1. The quantitative estimate of drug-likeness (QED) is 0.821. The monoisotopic (exact) mass is 348 g/mol. The van der Waals surface area contributed by atoms with Gasteiger partial charge in [-0.05, 0) is 19.4 Å². The number of ether oxygens (including phenoxy) is 2. The van der Waals surface area contributed by atoms with E-state index in [9.17, 15) is 9.59 Å². The first-order valence-electron chi connectivity index (χ1n) is 8.93. The zero-order valence-corrected chi connectivity index (χ0v) is 15.3. The molecule has 2 amide bonds. The molecule has 1 aromatic rings. The van der Waals surface area contributed by atoms with E-state index in [0.29, 0.717) is 32.1 Å². The molecule has 0 bridgehead atoms. The molecule has 1 aliphatic heterocycles. The first-order valence-corrected chi connectivity index (χ1v) is 8.93. The molecule has 0 radical (unpaired) electrons. The summed E-state index contributed by atoms with van der Waals surface area (Å²) < 4.78 is 11.3. The molecule has 2 rings (SSSR count). The summed E-state index contributed by atoms with van der Waals surface area (Å²) in [6, 6.07) is 7.12. The van der Waals surface area contributed by atoms with Gasteiger partial charge in [0.25, 0.3) is 0 Å². The molecule has 0 spiro atoms. The Kier molecular flexibility index (Phi) is 7.25. The summed E-state index contributed by atoms with van der Waals surface area (Å²) in [5.41, 5.74) is 0.827. The van der Waals surface area contributed by atoms with E-state index in [-0.39, 0.29) is 24.3 Å². The maximum absolute atomic E-state index is 12.8. The van der Waals surface area contributed by atoms with Crippen LogP contribution in [0.4, 0.5) is 0 Å². The van der Waals surface area contributed by atoms with E-state index in [2.05, 4.69) is 12.2 Å². The fourth-order valence-electron chi connectivity index (χ4n) is 3.04. The second-order valence-corrected chi connectivity index (χ2v) is 6.17. The van der Waals surface area contributed by atoms with Crippen LogP contribution in [-0.4, -0.2) is 49.1 Å². The van der Waals surface area contributed by atoms with Gasteiger partial charge in [-0.25, -0.2) is 0 Å². The summed E-state index contributed by atoms with van der Waals surface area (Å²) in [7, 11) is 0. The number of morpholine rings is 1. The minimum atomic E-state index is -0.407. The summed E-state index contributed by atoms with van der Waals surface area (Å²) in [5, 5.41) is 2.89. The second-order valence-electron chi connectivity index (χ2n) is 6.17. The fourth-order valence-corrected chi connectivity index (χ4v) is 3.04. The van der Waals surface area contributed by atoms with Crippen LogP contribution in [0.5, 0.6) is 5.75 Å². The lowest BCUT2D eigenvalue weighted by atomic mass is 10.0. The smallest absolute Gasteiger partial charge is 0.225 e. The minimum absolute atomic E-state index is 0.0202. The molecule has 1 fully saturated rings. The third kappa shape index (κ3) is 5.46. The number of benzene rings is 1. The summed E-state index contributed by atoms with van der Waals surface area (Å²) in [4.78, 5) is 26.3. The molecular weight excluding hydrogens is 320 g/mol. The van der Waals surface area contributed by atoms with Crippen molar-refractivity contribution in [2.24, 2.45) is 0 Å². The van der Waals surface area contributed by atoms with E-state index >= 15 is 0 Å². The first-order chi connectivity index (χ1) is 12.0. The van der Waals surface area contributed by atoms with Gasteiger partial charge in [0.1, 0.15) is 5.75 Å². The average Bonchev–Trinajstić information content (AvgIpc) is 2.61. The molecule has 0 unspecified atom stereocenters. The van der Waals surface area contributed by atoms with E-state index in [1.54, 1.807) is 0 Å². The molecule has 1 saturated heterocycles. The van der Waals surface area contributed by atoms with E-state index < -0.39 is 6.04 Å². The number of carbonyl (C=O) groups excluding carboxylic acids is 2. The summed E-state index contributed by atoms with van der Waals surface area (Å²) in [6.07, 6.45) is 1.18. The Morgan fingerprint density at radius 1 is 1.36 bits per heavy atom. The Bertz CT molecular complexity index is 591. The van der Waals surface area contributed by atoms with Gasteiger partial charge in [-0.2, -0.15) is 0 Å². The average molecular weight is 348 g/mol. The molecule has 6 heteroatoms. The van der Waals surface area contributed by atoms with E-state index in [4.69, 9.17) is 9.47 Å². The lowest BCUT2D eigenvalue weighted by Crippen LogP contribution is -2.46. The third-order valence-corrected chi connectivity index (χ3v) is 4.30. The Morgan fingerprint density at radius 3 is 2.80 bits per heavy atom. The van der Waals surface area contributed by atoms with Crippen LogP contribution in [0.1, 0.15) is 45.2 Å². The molecule has 2 atom stereocenters. The molecule has 1 heterocycles. The van der Waals surface area contributed by atoms with Crippen molar-refractivity contribution < 1.29 is 19.1 Å². The molecule has 138 valence electrons.